The van der Waals surface area contributed by atoms with Crippen molar-refractivity contribution in [3.8, 4) is 17.6 Å². The van der Waals surface area contributed by atoms with E-state index in [0.717, 1.165) is 50.6 Å². The Kier molecular flexibility index (Phi) is 7.57. The highest BCUT2D eigenvalue weighted by Crippen LogP contribution is 2.29. The number of ether oxygens (including phenoxy) is 1. The predicted octanol–water partition coefficient (Wildman–Crippen LogP) is 4.89. The van der Waals surface area contributed by atoms with Gasteiger partial charge in [0.25, 0.3) is 0 Å². The average Bonchev–Trinajstić information content (AvgIpc) is 3.10. The monoisotopic (exact) mass is 440 g/mol. The lowest BCUT2D eigenvalue weighted by molar-refractivity contribution is -0.116. The Morgan fingerprint density at radius 1 is 0.909 bits per heavy atom. The molecule has 4 rings (SSSR count). The minimum absolute atomic E-state index is 0.0210. The van der Waals surface area contributed by atoms with Crippen molar-refractivity contribution >= 4 is 17.3 Å². The van der Waals surface area contributed by atoms with Crippen molar-refractivity contribution < 1.29 is 9.53 Å². The van der Waals surface area contributed by atoms with Gasteiger partial charge in [-0.2, -0.15) is 5.26 Å². The van der Waals surface area contributed by atoms with Gasteiger partial charge in [-0.3, -0.25) is 4.79 Å². The molecule has 1 amide bonds. The molecule has 1 aliphatic rings. The fourth-order valence-corrected chi connectivity index (χ4v) is 3.95. The Balaban J connectivity index is 1.27. The number of rotatable bonds is 7. The van der Waals surface area contributed by atoms with E-state index in [1.807, 2.05) is 78.9 Å². The van der Waals surface area contributed by atoms with Crippen LogP contribution in [0.4, 0.5) is 11.4 Å². The van der Waals surface area contributed by atoms with Crippen LogP contribution in [0.15, 0.2) is 78.9 Å². The van der Waals surface area contributed by atoms with Crippen LogP contribution in [0.5, 0.6) is 11.5 Å². The van der Waals surface area contributed by atoms with Gasteiger partial charge in [-0.1, -0.05) is 30.3 Å². The molecule has 3 aromatic rings. The van der Waals surface area contributed by atoms with Crippen molar-refractivity contribution in [1.82, 2.24) is 4.90 Å². The largest absolute Gasteiger partial charge is 0.455 e. The molecule has 0 radical (unpaired) electrons. The maximum absolute atomic E-state index is 12.7. The number of benzene rings is 3. The number of carbonyl (C=O) groups excluding carboxylic acids is 1. The Bertz CT molecular complexity index is 1090. The van der Waals surface area contributed by atoms with Gasteiger partial charge in [-0.05, 0) is 61.5 Å². The number of nitrogens with one attached hydrogen (secondary N) is 1. The molecule has 0 bridgehead atoms. The first-order chi connectivity index (χ1) is 16.2. The first-order valence-corrected chi connectivity index (χ1v) is 11.3. The second-order valence-electron chi connectivity index (χ2n) is 8.05. The van der Waals surface area contributed by atoms with Crippen LogP contribution < -0.4 is 15.0 Å². The summed E-state index contributed by atoms with van der Waals surface area (Å²) in [6.07, 6.45) is 1.46. The molecule has 0 atom stereocenters. The van der Waals surface area contributed by atoms with Crippen molar-refractivity contribution in [2.75, 3.05) is 42.9 Å². The smallest absolute Gasteiger partial charge is 0.225 e. The SMILES string of the molecule is N#Cc1ccc(N2CCCN(CCC(=O)Nc3ccccc3Oc3ccccc3)CC2)cc1. The Morgan fingerprint density at radius 3 is 2.45 bits per heavy atom. The third-order valence-corrected chi connectivity index (χ3v) is 5.74. The molecule has 3 aromatic carbocycles. The zero-order valence-corrected chi connectivity index (χ0v) is 18.6. The molecule has 6 nitrogen and oxygen atoms in total. The predicted molar refractivity (Wildman–Crippen MR) is 131 cm³/mol. The second kappa shape index (κ2) is 11.2. The van der Waals surface area contributed by atoms with Crippen LogP contribution in [0.2, 0.25) is 0 Å². The van der Waals surface area contributed by atoms with Crippen LogP contribution >= 0.6 is 0 Å². The minimum atomic E-state index is -0.0210. The Morgan fingerprint density at radius 2 is 1.67 bits per heavy atom. The molecule has 0 aliphatic carbocycles. The highest BCUT2D eigenvalue weighted by atomic mass is 16.5. The van der Waals surface area contributed by atoms with Gasteiger partial charge in [0, 0.05) is 38.3 Å². The van der Waals surface area contributed by atoms with Crippen molar-refractivity contribution in [1.29, 1.82) is 5.26 Å². The van der Waals surface area contributed by atoms with Crippen LogP contribution in [-0.2, 0) is 4.79 Å². The maximum Gasteiger partial charge on any atom is 0.225 e. The Hall–Kier alpha value is -3.82. The first-order valence-electron chi connectivity index (χ1n) is 11.3. The van der Waals surface area contributed by atoms with Crippen LogP contribution in [0.1, 0.15) is 18.4 Å². The molecule has 1 heterocycles. The molecule has 33 heavy (non-hydrogen) atoms. The quantitative estimate of drug-likeness (QED) is 0.566. The highest BCUT2D eigenvalue weighted by Gasteiger charge is 2.17. The molecular formula is C27H28N4O2. The van der Waals surface area contributed by atoms with Crippen molar-refractivity contribution in [3.63, 3.8) is 0 Å². The van der Waals surface area contributed by atoms with E-state index in [1.165, 1.54) is 0 Å². The van der Waals surface area contributed by atoms with Crippen molar-refractivity contribution in [3.05, 3.63) is 84.4 Å². The summed E-state index contributed by atoms with van der Waals surface area (Å²) in [5, 5.41) is 12.0. The van der Waals surface area contributed by atoms with Crippen LogP contribution in [0.25, 0.3) is 0 Å². The molecule has 6 heteroatoms. The van der Waals surface area contributed by atoms with E-state index in [1.54, 1.807) is 0 Å². The van der Waals surface area contributed by atoms with Gasteiger partial charge < -0.3 is 19.9 Å². The molecule has 168 valence electrons. The molecule has 0 saturated carbocycles. The lowest BCUT2D eigenvalue weighted by Gasteiger charge is -2.23. The molecule has 0 spiro atoms. The van der Waals surface area contributed by atoms with Gasteiger partial charge in [0.05, 0.1) is 17.3 Å². The van der Waals surface area contributed by atoms with Crippen molar-refractivity contribution in [2.45, 2.75) is 12.8 Å². The van der Waals surface area contributed by atoms with Gasteiger partial charge in [0.15, 0.2) is 5.75 Å². The number of amides is 1. The van der Waals surface area contributed by atoms with E-state index in [4.69, 9.17) is 10.00 Å². The molecular weight excluding hydrogens is 412 g/mol. The van der Waals surface area contributed by atoms with Crippen LogP contribution in [0, 0.1) is 11.3 Å². The molecule has 1 fully saturated rings. The van der Waals surface area contributed by atoms with Crippen LogP contribution in [0.3, 0.4) is 0 Å². The van der Waals surface area contributed by atoms with E-state index in [9.17, 15) is 4.79 Å². The topological polar surface area (TPSA) is 68.6 Å². The molecule has 0 unspecified atom stereocenters. The van der Waals surface area contributed by atoms with Gasteiger partial charge in [-0.15, -0.1) is 0 Å². The third kappa shape index (κ3) is 6.34. The lowest BCUT2D eigenvalue weighted by atomic mass is 10.2. The zero-order valence-electron chi connectivity index (χ0n) is 18.6. The summed E-state index contributed by atoms with van der Waals surface area (Å²) >= 11 is 0. The summed E-state index contributed by atoms with van der Waals surface area (Å²) in [4.78, 5) is 17.4. The number of hydrogen-bond donors (Lipinski definition) is 1. The summed E-state index contributed by atoms with van der Waals surface area (Å²) in [6, 6.07) is 27.0. The maximum atomic E-state index is 12.7. The van der Waals surface area contributed by atoms with Gasteiger partial charge in [0.1, 0.15) is 5.75 Å². The van der Waals surface area contributed by atoms with Gasteiger partial charge >= 0.3 is 0 Å². The van der Waals surface area contributed by atoms with Crippen LogP contribution in [-0.4, -0.2) is 43.5 Å². The zero-order chi connectivity index (χ0) is 22.9. The number of hydrogen-bond acceptors (Lipinski definition) is 5. The summed E-state index contributed by atoms with van der Waals surface area (Å²) in [7, 11) is 0. The summed E-state index contributed by atoms with van der Waals surface area (Å²) < 4.78 is 5.94. The fraction of sp³-hybridized carbons (Fsp3) is 0.259. The molecule has 1 N–H and O–H groups in total. The van der Waals surface area contributed by atoms with Gasteiger partial charge in [0.2, 0.25) is 5.91 Å². The number of nitriles is 1. The average molecular weight is 441 g/mol. The minimum Gasteiger partial charge on any atom is -0.455 e. The number of para-hydroxylation sites is 3. The summed E-state index contributed by atoms with van der Waals surface area (Å²) in [6.45, 7) is 4.46. The lowest BCUT2D eigenvalue weighted by Crippen LogP contribution is -2.32. The van der Waals surface area contributed by atoms with E-state index in [2.05, 4.69) is 21.2 Å². The molecule has 0 aromatic heterocycles. The third-order valence-electron chi connectivity index (χ3n) is 5.74. The second-order valence-corrected chi connectivity index (χ2v) is 8.05. The Labute approximate surface area is 195 Å². The van der Waals surface area contributed by atoms with E-state index in [0.29, 0.717) is 23.4 Å². The normalized spacial score (nSPS) is 14.2. The first kappa shape index (κ1) is 22.4. The van der Waals surface area contributed by atoms with Crippen molar-refractivity contribution in [2.24, 2.45) is 0 Å². The molecule has 1 saturated heterocycles. The highest BCUT2D eigenvalue weighted by molar-refractivity contribution is 5.92. The van der Waals surface area contributed by atoms with E-state index in [-0.39, 0.29) is 5.91 Å². The number of nitrogens with zero attached hydrogens (tertiary/aromatic N) is 3. The summed E-state index contributed by atoms with van der Waals surface area (Å²) in [5.41, 5.74) is 2.50. The number of anilines is 2. The van der Waals surface area contributed by atoms with Gasteiger partial charge in [-0.25, -0.2) is 0 Å². The summed E-state index contributed by atoms with van der Waals surface area (Å²) in [5.74, 6) is 1.34. The fourth-order valence-electron chi connectivity index (χ4n) is 3.95. The van der Waals surface area contributed by atoms with E-state index < -0.39 is 0 Å². The molecule has 1 aliphatic heterocycles. The van der Waals surface area contributed by atoms with E-state index >= 15 is 0 Å². The standard InChI is InChI=1S/C27H28N4O2/c28-21-22-11-13-23(14-12-22)31-17-6-16-30(19-20-31)18-15-27(32)29-25-9-4-5-10-26(25)33-24-7-2-1-3-8-24/h1-5,7-14H,6,15-20H2,(H,29,32). The number of carbonyl (C=O) groups is 1.